The fourth-order valence-corrected chi connectivity index (χ4v) is 2.10. The zero-order valence-electron chi connectivity index (χ0n) is 11.2. The molecule has 1 fully saturated rings. The molecule has 1 saturated heterocycles. The predicted molar refractivity (Wildman–Crippen MR) is 68.8 cm³/mol. The maximum Gasteiger partial charge on any atom is 0.361 e. The van der Waals surface area contributed by atoms with Gasteiger partial charge in [0.05, 0.1) is 11.8 Å². The molecule has 6 heteroatoms. The Morgan fingerprint density at radius 3 is 3.21 bits per heavy atom. The Balaban J connectivity index is 1.93. The Morgan fingerprint density at radius 2 is 2.53 bits per heavy atom. The molecular formula is C13H19N3O3. The van der Waals surface area contributed by atoms with Crippen molar-refractivity contribution in [3.05, 3.63) is 24.0 Å². The maximum atomic E-state index is 11.7. The largest absolute Gasteiger partial charge is 0.457 e. The van der Waals surface area contributed by atoms with Crippen LogP contribution in [0.1, 0.15) is 35.4 Å². The number of nitrogens with zero attached hydrogens (tertiary/aromatic N) is 3. The van der Waals surface area contributed by atoms with Gasteiger partial charge in [-0.15, -0.1) is 5.10 Å². The number of carbonyl (C=O) groups excluding carboxylic acids is 1. The van der Waals surface area contributed by atoms with Crippen LogP contribution in [0.25, 0.3) is 0 Å². The summed E-state index contributed by atoms with van der Waals surface area (Å²) in [5.74, 6) is -0.458. The van der Waals surface area contributed by atoms with Crippen molar-refractivity contribution in [1.82, 2.24) is 15.0 Å². The molecule has 2 rings (SSSR count). The van der Waals surface area contributed by atoms with Gasteiger partial charge < -0.3 is 9.47 Å². The Hall–Kier alpha value is -1.69. The quantitative estimate of drug-likeness (QED) is 0.576. The summed E-state index contributed by atoms with van der Waals surface area (Å²) >= 11 is 0. The van der Waals surface area contributed by atoms with Crippen LogP contribution in [0.2, 0.25) is 0 Å². The van der Waals surface area contributed by atoms with Gasteiger partial charge in [0.25, 0.3) is 0 Å². The molecule has 6 nitrogen and oxygen atoms in total. The van der Waals surface area contributed by atoms with E-state index >= 15 is 0 Å². The van der Waals surface area contributed by atoms with Crippen molar-refractivity contribution in [2.75, 3.05) is 13.2 Å². The molecule has 0 aromatic carbocycles. The van der Waals surface area contributed by atoms with E-state index in [9.17, 15) is 4.79 Å². The molecule has 0 N–H and O–H groups in total. The average molecular weight is 265 g/mol. The van der Waals surface area contributed by atoms with Gasteiger partial charge in [0, 0.05) is 13.2 Å². The van der Waals surface area contributed by atoms with Crippen molar-refractivity contribution in [2.45, 2.75) is 38.8 Å². The summed E-state index contributed by atoms with van der Waals surface area (Å²) < 4.78 is 12.2. The second-order valence-electron chi connectivity index (χ2n) is 4.56. The van der Waals surface area contributed by atoms with Crippen LogP contribution in [0.3, 0.4) is 0 Å². The van der Waals surface area contributed by atoms with Crippen molar-refractivity contribution in [1.29, 1.82) is 0 Å². The highest BCUT2D eigenvalue weighted by Crippen LogP contribution is 2.16. The van der Waals surface area contributed by atoms with Crippen molar-refractivity contribution < 1.29 is 14.3 Å². The molecule has 2 heterocycles. The summed E-state index contributed by atoms with van der Waals surface area (Å²) in [5.41, 5.74) is 1.00. The first-order valence-electron chi connectivity index (χ1n) is 6.52. The maximum absolute atomic E-state index is 11.7. The van der Waals surface area contributed by atoms with Crippen LogP contribution in [0.5, 0.6) is 0 Å². The molecule has 0 saturated carbocycles. The number of hydrogen-bond acceptors (Lipinski definition) is 5. The minimum absolute atomic E-state index is 0.182. The van der Waals surface area contributed by atoms with Gasteiger partial charge >= 0.3 is 5.97 Å². The second-order valence-corrected chi connectivity index (χ2v) is 4.56. The number of hydrogen-bond donors (Lipinski definition) is 0. The Kier molecular flexibility index (Phi) is 4.68. The van der Waals surface area contributed by atoms with Gasteiger partial charge in [-0.1, -0.05) is 17.9 Å². The van der Waals surface area contributed by atoms with Gasteiger partial charge in [-0.25, -0.2) is 9.48 Å². The third kappa shape index (κ3) is 3.41. The lowest BCUT2D eigenvalue weighted by molar-refractivity contribution is 0.0542. The summed E-state index contributed by atoms with van der Waals surface area (Å²) in [5, 5.41) is 7.87. The van der Waals surface area contributed by atoms with E-state index in [1.165, 1.54) is 6.08 Å². The third-order valence-corrected chi connectivity index (χ3v) is 3.20. The molecule has 0 amide bonds. The number of aryl methyl sites for hydroxylation is 1. The molecule has 1 unspecified atom stereocenters. The van der Waals surface area contributed by atoms with Crippen molar-refractivity contribution in [3.63, 3.8) is 0 Å². The highest BCUT2D eigenvalue weighted by Gasteiger charge is 2.19. The fourth-order valence-electron chi connectivity index (χ4n) is 2.10. The number of esters is 1. The first kappa shape index (κ1) is 13.7. The Bertz CT molecular complexity index is 450. The Labute approximate surface area is 112 Å². The molecule has 1 aliphatic rings. The summed E-state index contributed by atoms with van der Waals surface area (Å²) in [4.78, 5) is 11.7. The van der Waals surface area contributed by atoms with Gasteiger partial charge in [-0.3, -0.25) is 0 Å². The van der Waals surface area contributed by atoms with E-state index in [4.69, 9.17) is 9.47 Å². The average Bonchev–Trinajstić information content (AvgIpc) is 3.03. The van der Waals surface area contributed by atoms with Crippen LogP contribution in [0.4, 0.5) is 0 Å². The molecule has 0 radical (unpaired) electrons. The van der Waals surface area contributed by atoms with Gasteiger partial charge in [-0.05, 0) is 26.2 Å². The molecule has 0 aliphatic carbocycles. The molecule has 1 atom stereocenters. The highest BCUT2D eigenvalue weighted by molar-refractivity contribution is 5.88. The summed E-state index contributed by atoms with van der Waals surface area (Å²) in [7, 11) is 0. The van der Waals surface area contributed by atoms with Crippen molar-refractivity contribution in [3.8, 4) is 0 Å². The standard InChI is InChI=1S/C13H19N3O3/c1-3-8-19-13(17)12-10(2)16(15-14-12)7-6-11-5-4-9-18-11/h3,11H,1,4-9H2,2H3. The summed E-state index contributed by atoms with van der Waals surface area (Å²) in [6, 6.07) is 0. The van der Waals surface area contributed by atoms with E-state index in [-0.39, 0.29) is 12.3 Å². The van der Waals surface area contributed by atoms with E-state index in [0.717, 1.165) is 31.6 Å². The molecule has 1 aliphatic heterocycles. The van der Waals surface area contributed by atoms with Crippen LogP contribution < -0.4 is 0 Å². The molecular weight excluding hydrogens is 246 g/mol. The van der Waals surface area contributed by atoms with Crippen LogP contribution in [-0.2, 0) is 16.0 Å². The number of ether oxygens (including phenoxy) is 2. The van der Waals surface area contributed by atoms with Gasteiger partial charge in [-0.2, -0.15) is 0 Å². The van der Waals surface area contributed by atoms with E-state index in [0.29, 0.717) is 12.6 Å². The van der Waals surface area contributed by atoms with Crippen molar-refractivity contribution >= 4 is 5.97 Å². The first-order chi connectivity index (χ1) is 9.22. The highest BCUT2D eigenvalue weighted by atomic mass is 16.5. The van der Waals surface area contributed by atoms with Gasteiger partial charge in [0.1, 0.15) is 6.61 Å². The molecule has 0 bridgehead atoms. The molecule has 19 heavy (non-hydrogen) atoms. The topological polar surface area (TPSA) is 66.2 Å². The Morgan fingerprint density at radius 1 is 1.68 bits per heavy atom. The predicted octanol–water partition coefficient (Wildman–Crippen LogP) is 1.50. The molecule has 0 spiro atoms. The lowest BCUT2D eigenvalue weighted by atomic mass is 10.2. The van der Waals surface area contributed by atoms with Gasteiger partial charge in [0.15, 0.2) is 5.69 Å². The zero-order chi connectivity index (χ0) is 13.7. The molecule has 1 aromatic heterocycles. The SMILES string of the molecule is C=CCOC(=O)c1nnn(CCC2CCCO2)c1C. The first-order valence-corrected chi connectivity index (χ1v) is 6.52. The van der Waals surface area contributed by atoms with E-state index in [2.05, 4.69) is 16.9 Å². The monoisotopic (exact) mass is 265 g/mol. The van der Waals surface area contributed by atoms with E-state index in [1.807, 2.05) is 6.92 Å². The lowest BCUT2D eigenvalue weighted by Crippen LogP contribution is -2.13. The van der Waals surface area contributed by atoms with Crippen molar-refractivity contribution in [2.24, 2.45) is 0 Å². The smallest absolute Gasteiger partial charge is 0.361 e. The second kappa shape index (κ2) is 6.47. The van der Waals surface area contributed by atoms with Crippen LogP contribution in [-0.4, -0.2) is 40.3 Å². The number of carbonyl (C=O) groups is 1. The minimum atomic E-state index is -0.458. The fraction of sp³-hybridized carbons (Fsp3) is 0.615. The molecule has 1 aromatic rings. The normalized spacial score (nSPS) is 18.5. The minimum Gasteiger partial charge on any atom is -0.457 e. The zero-order valence-corrected chi connectivity index (χ0v) is 11.2. The molecule has 104 valence electrons. The van der Waals surface area contributed by atoms with Crippen LogP contribution in [0, 0.1) is 6.92 Å². The summed E-state index contributed by atoms with van der Waals surface area (Å²) in [6.45, 7) is 7.05. The summed E-state index contributed by atoms with van der Waals surface area (Å²) in [6.07, 6.45) is 4.95. The van der Waals surface area contributed by atoms with E-state index in [1.54, 1.807) is 4.68 Å². The van der Waals surface area contributed by atoms with Crippen LogP contribution in [0.15, 0.2) is 12.7 Å². The third-order valence-electron chi connectivity index (χ3n) is 3.20. The van der Waals surface area contributed by atoms with E-state index < -0.39 is 5.97 Å². The van der Waals surface area contributed by atoms with Crippen LogP contribution >= 0.6 is 0 Å². The van der Waals surface area contributed by atoms with Gasteiger partial charge in [0.2, 0.25) is 0 Å². The number of aromatic nitrogens is 3. The lowest BCUT2D eigenvalue weighted by Gasteiger charge is -2.09. The number of rotatable bonds is 6.